The predicted molar refractivity (Wildman–Crippen MR) is 103 cm³/mol. The van der Waals surface area contributed by atoms with Crippen molar-refractivity contribution in [3.63, 3.8) is 0 Å². The third-order valence-electron chi connectivity index (χ3n) is 5.12. The van der Waals surface area contributed by atoms with Crippen molar-refractivity contribution < 1.29 is 4.79 Å². The van der Waals surface area contributed by atoms with Gasteiger partial charge < -0.3 is 0 Å². The molecule has 0 unspecified atom stereocenters. The Kier molecular flexibility index (Phi) is 5.64. The summed E-state index contributed by atoms with van der Waals surface area (Å²) in [6.07, 6.45) is 6.68. The Balaban J connectivity index is 1.66. The minimum atomic E-state index is -0.170. The van der Waals surface area contributed by atoms with Crippen LogP contribution in [0.15, 0.2) is 53.6 Å². The molecule has 3 rings (SSSR count). The van der Waals surface area contributed by atoms with E-state index in [0.717, 1.165) is 16.8 Å². The molecule has 2 aromatic rings. The van der Waals surface area contributed by atoms with Crippen LogP contribution < -0.4 is 5.43 Å². The number of nitrogens with one attached hydrogen (secondary N) is 1. The number of aryl methyl sites for hydroxylation is 1. The highest BCUT2D eigenvalue weighted by Gasteiger charge is 2.15. The van der Waals surface area contributed by atoms with Gasteiger partial charge in [-0.1, -0.05) is 61.7 Å². The van der Waals surface area contributed by atoms with Crippen molar-refractivity contribution in [1.29, 1.82) is 0 Å². The van der Waals surface area contributed by atoms with Crippen molar-refractivity contribution in [3.05, 3.63) is 70.8 Å². The fourth-order valence-electron chi connectivity index (χ4n) is 3.52. The van der Waals surface area contributed by atoms with Gasteiger partial charge in [0.25, 0.3) is 5.91 Å². The van der Waals surface area contributed by atoms with Crippen molar-refractivity contribution in [1.82, 2.24) is 5.43 Å². The van der Waals surface area contributed by atoms with E-state index in [2.05, 4.69) is 34.8 Å². The van der Waals surface area contributed by atoms with Gasteiger partial charge in [-0.15, -0.1) is 0 Å². The standard InChI is InChI=1S/C22H26N2O/c1-16-8-6-7-11-21(16)22(25)24-23-17(2)18-12-14-20(15-13-18)19-9-4-3-5-10-19/h6-8,11-15,19H,3-5,9-10H2,1-2H3,(H,24,25). The SMILES string of the molecule is CC(=NNC(=O)c1ccccc1C)c1ccc(C2CCCCC2)cc1. The minimum absolute atomic E-state index is 0.170. The van der Waals surface area contributed by atoms with Gasteiger partial charge in [-0.25, -0.2) is 5.43 Å². The van der Waals surface area contributed by atoms with Gasteiger partial charge in [0.1, 0.15) is 0 Å². The topological polar surface area (TPSA) is 41.5 Å². The zero-order valence-electron chi connectivity index (χ0n) is 15.1. The Morgan fingerprint density at radius 2 is 1.68 bits per heavy atom. The van der Waals surface area contributed by atoms with Gasteiger partial charge in [0.05, 0.1) is 5.71 Å². The largest absolute Gasteiger partial charge is 0.271 e. The minimum Gasteiger partial charge on any atom is -0.267 e. The van der Waals surface area contributed by atoms with Crippen LogP contribution in [0.3, 0.4) is 0 Å². The summed E-state index contributed by atoms with van der Waals surface area (Å²) in [5, 5.41) is 4.27. The number of rotatable bonds is 4. The van der Waals surface area contributed by atoms with E-state index in [9.17, 15) is 4.79 Å². The van der Waals surface area contributed by atoms with E-state index >= 15 is 0 Å². The molecule has 0 spiro atoms. The fourth-order valence-corrected chi connectivity index (χ4v) is 3.52. The average Bonchev–Trinajstić information content (AvgIpc) is 2.67. The molecule has 0 heterocycles. The molecule has 1 amide bonds. The van der Waals surface area contributed by atoms with Crippen LogP contribution in [0.1, 0.15) is 72.0 Å². The molecule has 0 radical (unpaired) electrons. The van der Waals surface area contributed by atoms with Crippen LogP contribution >= 0.6 is 0 Å². The molecule has 1 saturated carbocycles. The van der Waals surface area contributed by atoms with Crippen LogP contribution in [0, 0.1) is 6.92 Å². The Bertz CT molecular complexity index is 756. The first-order valence-electron chi connectivity index (χ1n) is 9.16. The van der Waals surface area contributed by atoms with Crippen molar-refractivity contribution in [2.75, 3.05) is 0 Å². The second kappa shape index (κ2) is 8.11. The quantitative estimate of drug-likeness (QED) is 0.606. The molecule has 2 aromatic carbocycles. The highest BCUT2D eigenvalue weighted by molar-refractivity contribution is 6.01. The molecule has 1 N–H and O–H groups in total. The number of carbonyl (C=O) groups is 1. The molecular weight excluding hydrogens is 308 g/mol. The summed E-state index contributed by atoms with van der Waals surface area (Å²) in [4.78, 5) is 12.2. The molecule has 1 aliphatic rings. The Hall–Kier alpha value is -2.42. The fraction of sp³-hybridized carbons (Fsp3) is 0.364. The zero-order chi connectivity index (χ0) is 17.6. The maximum Gasteiger partial charge on any atom is 0.271 e. The van der Waals surface area contributed by atoms with Gasteiger partial charge >= 0.3 is 0 Å². The Morgan fingerprint density at radius 3 is 2.36 bits per heavy atom. The molecule has 3 heteroatoms. The summed E-state index contributed by atoms with van der Waals surface area (Å²) < 4.78 is 0. The number of amides is 1. The smallest absolute Gasteiger partial charge is 0.267 e. The van der Waals surface area contributed by atoms with E-state index in [1.807, 2.05) is 38.1 Å². The molecule has 1 fully saturated rings. The van der Waals surface area contributed by atoms with Crippen LogP contribution in [0.2, 0.25) is 0 Å². The van der Waals surface area contributed by atoms with Gasteiger partial charge in [0.2, 0.25) is 0 Å². The molecule has 0 atom stereocenters. The molecule has 0 aliphatic heterocycles. The first-order chi connectivity index (χ1) is 12.1. The second-order valence-corrected chi connectivity index (χ2v) is 6.91. The van der Waals surface area contributed by atoms with E-state index in [4.69, 9.17) is 0 Å². The second-order valence-electron chi connectivity index (χ2n) is 6.91. The van der Waals surface area contributed by atoms with E-state index < -0.39 is 0 Å². The lowest BCUT2D eigenvalue weighted by atomic mass is 9.84. The number of carbonyl (C=O) groups excluding carboxylic acids is 1. The monoisotopic (exact) mass is 334 g/mol. The Labute approximate surface area is 150 Å². The lowest BCUT2D eigenvalue weighted by Crippen LogP contribution is -2.20. The summed E-state index contributed by atoms with van der Waals surface area (Å²) in [7, 11) is 0. The summed E-state index contributed by atoms with van der Waals surface area (Å²) in [6.45, 7) is 3.85. The van der Waals surface area contributed by atoms with Gasteiger partial charge in [-0.05, 0) is 55.4 Å². The van der Waals surface area contributed by atoms with Gasteiger partial charge in [-0.3, -0.25) is 4.79 Å². The molecule has 25 heavy (non-hydrogen) atoms. The van der Waals surface area contributed by atoms with Crippen molar-refractivity contribution in [2.24, 2.45) is 5.10 Å². The van der Waals surface area contributed by atoms with Gasteiger partial charge in [0, 0.05) is 5.56 Å². The number of benzene rings is 2. The summed E-state index contributed by atoms with van der Waals surface area (Å²) in [5.74, 6) is 0.539. The van der Waals surface area contributed by atoms with Crippen LogP contribution in [0.4, 0.5) is 0 Å². The number of hydrogen-bond donors (Lipinski definition) is 1. The number of nitrogens with zero attached hydrogens (tertiary/aromatic N) is 1. The normalized spacial score (nSPS) is 15.8. The summed E-state index contributed by atoms with van der Waals surface area (Å²) in [5.41, 5.74) is 7.57. The molecule has 1 aliphatic carbocycles. The first-order valence-corrected chi connectivity index (χ1v) is 9.16. The molecule has 0 bridgehead atoms. The Morgan fingerprint density at radius 1 is 1.00 bits per heavy atom. The van der Waals surface area contributed by atoms with Gasteiger partial charge in [-0.2, -0.15) is 5.10 Å². The predicted octanol–water partition coefficient (Wildman–Crippen LogP) is 5.20. The summed E-state index contributed by atoms with van der Waals surface area (Å²) >= 11 is 0. The average molecular weight is 334 g/mol. The molecule has 130 valence electrons. The number of hydrogen-bond acceptors (Lipinski definition) is 2. The lowest BCUT2D eigenvalue weighted by molar-refractivity contribution is 0.0954. The van der Waals surface area contributed by atoms with Crippen LogP contribution in [0.5, 0.6) is 0 Å². The maximum absolute atomic E-state index is 12.2. The van der Waals surface area contributed by atoms with Crippen molar-refractivity contribution >= 4 is 11.6 Å². The zero-order valence-corrected chi connectivity index (χ0v) is 15.1. The maximum atomic E-state index is 12.2. The summed E-state index contributed by atoms with van der Waals surface area (Å²) in [6, 6.07) is 16.2. The van der Waals surface area contributed by atoms with E-state index in [-0.39, 0.29) is 5.91 Å². The van der Waals surface area contributed by atoms with Crippen LogP contribution in [0.25, 0.3) is 0 Å². The van der Waals surface area contributed by atoms with E-state index in [0.29, 0.717) is 11.5 Å². The molecule has 0 aromatic heterocycles. The third-order valence-corrected chi connectivity index (χ3v) is 5.12. The van der Waals surface area contributed by atoms with E-state index in [1.165, 1.54) is 37.7 Å². The van der Waals surface area contributed by atoms with Crippen LogP contribution in [-0.4, -0.2) is 11.6 Å². The number of hydrazone groups is 1. The van der Waals surface area contributed by atoms with Crippen molar-refractivity contribution in [2.45, 2.75) is 51.9 Å². The van der Waals surface area contributed by atoms with Gasteiger partial charge in [0.15, 0.2) is 0 Å². The van der Waals surface area contributed by atoms with E-state index in [1.54, 1.807) is 0 Å². The third kappa shape index (κ3) is 4.36. The highest BCUT2D eigenvalue weighted by atomic mass is 16.2. The molecular formula is C22H26N2O. The molecule has 0 saturated heterocycles. The molecule has 3 nitrogen and oxygen atoms in total. The highest BCUT2D eigenvalue weighted by Crippen LogP contribution is 2.32. The lowest BCUT2D eigenvalue weighted by Gasteiger charge is -2.22. The van der Waals surface area contributed by atoms with Crippen molar-refractivity contribution in [3.8, 4) is 0 Å². The first kappa shape index (κ1) is 17.4. The van der Waals surface area contributed by atoms with Crippen LogP contribution in [-0.2, 0) is 0 Å².